The summed E-state index contributed by atoms with van der Waals surface area (Å²) in [6.45, 7) is 5.79. The van der Waals surface area contributed by atoms with Crippen LogP contribution in [-0.4, -0.2) is 56.1 Å². The van der Waals surface area contributed by atoms with Gasteiger partial charge in [0.25, 0.3) is 0 Å². The van der Waals surface area contributed by atoms with E-state index in [0.717, 1.165) is 19.6 Å². The fourth-order valence-electron chi connectivity index (χ4n) is 1.93. The predicted octanol–water partition coefficient (Wildman–Crippen LogP) is 0.599. The van der Waals surface area contributed by atoms with Gasteiger partial charge in [-0.2, -0.15) is 0 Å². The van der Waals surface area contributed by atoms with Gasteiger partial charge in [0, 0.05) is 26.7 Å². The van der Waals surface area contributed by atoms with Gasteiger partial charge in [-0.1, -0.05) is 0 Å². The van der Waals surface area contributed by atoms with Gasteiger partial charge in [-0.3, -0.25) is 0 Å². The van der Waals surface area contributed by atoms with E-state index in [2.05, 4.69) is 17.3 Å². The van der Waals surface area contributed by atoms with Gasteiger partial charge in [-0.25, -0.2) is 4.79 Å². The Kier molecular flexibility index (Phi) is 4.20. The number of hydrogen-bond donors (Lipinski definition) is 1. The molecule has 1 saturated heterocycles. The van der Waals surface area contributed by atoms with Gasteiger partial charge in [-0.15, -0.1) is 0 Å². The third-order valence-electron chi connectivity index (χ3n) is 2.70. The molecule has 1 unspecified atom stereocenters. The van der Waals surface area contributed by atoms with Crippen LogP contribution in [0.25, 0.3) is 0 Å². The normalized spacial score (nSPS) is 22.4. The molecule has 0 aromatic heterocycles. The van der Waals surface area contributed by atoms with Crippen molar-refractivity contribution in [2.24, 2.45) is 5.92 Å². The van der Waals surface area contributed by atoms with E-state index < -0.39 is 0 Å². The van der Waals surface area contributed by atoms with Crippen LogP contribution in [0, 0.1) is 5.92 Å². The number of urea groups is 1. The summed E-state index contributed by atoms with van der Waals surface area (Å²) >= 11 is 0. The summed E-state index contributed by atoms with van der Waals surface area (Å²) in [6, 6.07) is 0.0436. The van der Waals surface area contributed by atoms with Gasteiger partial charge in [0.05, 0.1) is 0 Å². The highest BCUT2D eigenvalue weighted by Crippen LogP contribution is 2.14. The minimum atomic E-state index is 0.0436. The molecule has 1 rings (SSSR count). The molecule has 0 aromatic carbocycles. The summed E-state index contributed by atoms with van der Waals surface area (Å²) in [7, 11) is 4.00. The van der Waals surface area contributed by atoms with Gasteiger partial charge < -0.3 is 15.1 Å². The molecule has 1 heterocycles. The zero-order chi connectivity index (χ0) is 10.6. The summed E-state index contributed by atoms with van der Waals surface area (Å²) in [5.41, 5.74) is 0. The van der Waals surface area contributed by atoms with E-state index >= 15 is 0 Å². The third kappa shape index (κ3) is 3.18. The molecule has 82 valence electrons. The molecule has 1 fully saturated rings. The Hall–Kier alpha value is -0.770. The van der Waals surface area contributed by atoms with Crippen molar-refractivity contribution in [3.05, 3.63) is 0 Å². The topological polar surface area (TPSA) is 35.6 Å². The SMILES string of the molecule is CCNC(=O)N(C)CC1CCN(C)C1. The standard InChI is InChI=1S/C10H21N3O/c1-4-11-10(14)13(3)8-9-5-6-12(2)7-9/h9H,4-8H2,1-3H3,(H,11,14). The maximum absolute atomic E-state index is 11.4. The molecule has 1 aliphatic rings. The highest BCUT2D eigenvalue weighted by atomic mass is 16.2. The van der Waals surface area contributed by atoms with E-state index in [-0.39, 0.29) is 6.03 Å². The number of nitrogens with one attached hydrogen (secondary N) is 1. The molecule has 1 atom stereocenters. The first-order chi connectivity index (χ1) is 6.63. The van der Waals surface area contributed by atoms with Crippen LogP contribution in [0.4, 0.5) is 4.79 Å². The predicted molar refractivity (Wildman–Crippen MR) is 57.3 cm³/mol. The lowest BCUT2D eigenvalue weighted by molar-refractivity contribution is 0.201. The minimum Gasteiger partial charge on any atom is -0.338 e. The van der Waals surface area contributed by atoms with Crippen molar-refractivity contribution >= 4 is 6.03 Å². The molecule has 4 nitrogen and oxygen atoms in total. The van der Waals surface area contributed by atoms with Gasteiger partial charge in [0.1, 0.15) is 0 Å². The van der Waals surface area contributed by atoms with Gasteiger partial charge in [-0.05, 0) is 32.9 Å². The Labute approximate surface area is 86.2 Å². The molecule has 14 heavy (non-hydrogen) atoms. The molecule has 1 N–H and O–H groups in total. The molecule has 0 bridgehead atoms. The van der Waals surface area contributed by atoms with Crippen LogP contribution in [0.1, 0.15) is 13.3 Å². The second-order valence-corrected chi connectivity index (χ2v) is 4.13. The van der Waals surface area contributed by atoms with E-state index in [1.165, 1.54) is 6.42 Å². The van der Waals surface area contributed by atoms with Crippen molar-refractivity contribution in [1.29, 1.82) is 0 Å². The average molecular weight is 199 g/mol. The minimum absolute atomic E-state index is 0.0436. The average Bonchev–Trinajstić information content (AvgIpc) is 2.51. The first-order valence-corrected chi connectivity index (χ1v) is 5.31. The number of nitrogens with zero attached hydrogens (tertiary/aromatic N) is 2. The molecule has 1 aliphatic heterocycles. The van der Waals surface area contributed by atoms with E-state index in [1.54, 1.807) is 4.90 Å². The van der Waals surface area contributed by atoms with Crippen molar-refractivity contribution in [2.45, 2.75) is 13.3 Å². The highest BCUT2D eigenvalue weighted by molar-refractivity contribution is 5.73. The monoisotopic (exact) mass is 199 g/mol. The summed E-state index contributed by atoms with van der Waals surface area (Å²) in [4.78, 5) is 15.5. The zero-order valence-electron chi connectivity index (χ0n) is 9.42. The van der Waals surface area contributed by atoms with Gasteiger partial charge in [0.2, 0.25) is 0 Å². The van der Waals surface area contributed by atoms with Crippen molar-refractivity contribution < 1.29 is 4.79 Å². The molecule has 0 aliphatic carbocycles. The van der Waals surface area contributed by atoms with E-state index in [4.69, 9.17) is 0 Å². The fourth-order valence-corrected chi connectivity index (χ4v) is 1.93. The Balaban J connectivity index is 2.26. The molecule has 0 radical (unpaired) electrons. The van der Waals surface area contributed by atoms with Gasteiger partial charge >= 0.3 is 6.03 Å². The second kappa shape index (κ2) is 5.20. The smallest absolute Gasteiger partial charge is 0.317 e. The van der Waals surface area contributed by atoms with Crippen molar-refractivity contribution in [2.75, 3.05) is 40.3 Å². The van der Waals surface area contributed by atoms with Crippen LogP contribution >= 0.6 is 0 Å². The summed E-state index contributed by atoms with van der Waals surface area (Å²) in [5, 5.41) is 2.80. The lowest BCUT2D eigenvalue weighted by Crippen LogP contribution is -2.40. The van der Waals surface area contributed by atoms with Gasteiger partial charge in [0.15, 0.2) is 0 Å². The maximum atomic E-state index is 11.4. The van der Waals surface area contributed by atoms with Crippen LogP contribution in [0.5, 0.6) is 0 Å². The lowest BCUT2D eigenvalue weighted by Gasteiger charge is -2.21. The Morgan fingerprint density at radius 3 is 2.86 bits per heavy atom. The highest BCUT2D eigenvalue weighted by Gasteiger charge is 2.22. The van der Waals surface area contributed by atoms with Crippen LogP contribution in [0.2, 0.25) is 0 Å². The maximum Gasteiger partial charge on any atom is 0.317 e. The van der Waals surface area contributed by atoms with Crippen molar-refractivity contribution in [3.8, 4) is 0 Å². The number of carbonyl (C=O) groups is 1. The first kappa shape index (κ1) is 11.3. The Morgan fingerprint density at radius 2 is 2.36 bits per heavy atom. The molecular formula is C10H21N3O. The van der Waals surface area contributed by atoms with Crippen molar-refractivity contribution in [3.63, 3.8) is 0 Å². The van der Waals surface area contributed by atoms with Crippen LogP contribution < -0.4 is 5.32 Å². The molecule has 2 amide bonds. The second-order valence-electron chi connectivity index (χ2n) is 4.13. The lowest BCUT2D eigenvalue weighted by atomic mass is 10.1. The first-order valence-electron chi connectivity index (χ1n) is 5.31. The quantitative estimate of drug-likeness (QED) is 0.722. The zero-order valence-corrected chi connectivity index (χ0v) is 9.42. The molecule has 0 spiro atoms. The molecular weight excluding hydrogens is 178 g/mol. The number of hydrogen-bond acceptors (Lipinski definition) is 2. The van der Waals surface area contributed by atoms with Crippen LogP contribution in [0.15, 0.2) is 0 Å². The Morgan fingerprint density at radius 1 is 1.64 bits per heavy atom. The Bertz CT molecular complexity index is 196. The van der Waals surface area contributed by atoms with E-state index in [9.17, 15) is 4.79 Å². The summed E-state index contributed by atoms with van der Waals surface area (Å²) < 4.78 is 0. The number of amides is 2. The summed E-state index contributed by atoms with van der Waals surface area (Å²) in [5.74, 6) is 0.646. The third-order valence-corrected chi connectivity index (χ3v) is 2.70. The fraction of sp³-hybridized carbons (Fsp3) is 0.900. The number of rotatable bonds is 3. The molecule has 0 aromatic rings. The van der Waals surface area contributed by atoms with Crippen molar-refractivity contribution in [1.82, 2.24) is 15.1 Å². The van der Waals surface area contributed by atoms with E-state index in [0.29, 0.717) is 12.5 Å². The van der Waals surface area contributed by atoms with Crippen LogP contribution in [-0.2, 0) is 0 Å². The largest absolute Gasteiger partial charge is 0.338 e. The van der Waals surface area contributed by atoms with Crippen LogP contribution in [0.3, 0.4) is 0 Å². The molecule has 4 heteroatoms. The summed E-state index contributed by atoms with van der Waals surface area (Å²) in [6.07, 6.45) is 1.21. The number of likely N-dealkylation sites (tertiary alicyclic amines) is 1. The number of carbonyl (C=O) groups excluding carboxylic acids is 1. The van der Waals surface area contributed by atoms with E-state index in [1.807, 2.05) is 14.0 Å². The molecule has 0 saturated carbocycles.